The first kappa shape index (κ1) is 10.2. The van der Waals surface area contributed by atoms with Crippen LogP contribution in [0.4, 0.5) is 5.88 Å². The molecule has 0 fully saturated rings. The molecule has 3 nitrogen and oxygen atoms in total. The van der Waals surface area contributed by atoms with E-state index < -0.39 is 0 Å². The van der Waals surface area contributed by atoms with Crippen LogP contribution >= 0.6 is 11.3 Å². The van der Waals surface area contributed by atoms with Gasteiger partial charge in [0.15, 0.2) is 0 Å². The molecule has 2 N–H and O–H groups in total. The zero-order chi connectivity index (χ0) is 11.0. The van der Waals surface area contributed by atoms with Gasteiger partial charge in [0.1, 0.15) is 5.69 Å². The molecule has 0 aliphatic rings. The maximum Gasteiger partial charge on any atom is 0.226 e. The van der Waals surface area contributed by atoms with Crippen molar-refractivity contribution in [3.63, 3.8) is 0 Å². The van der Waals surface area contributed by atoms with Crippen LogP contribution in [0.25, 0.3) is 10.6 Å². The van der Waals surface area contributed by atoms with Crippen LogP contribution < -0.4 is 5.73 Å². The van der Waals surface area contributed by atoms with Crippen molar-refractivity contribution in [2.24, 2.45) is 0 Å². The third-order valence-corrected chi connectivity index (χ3v) is 3.43. The number of aryl methyl sites for hydroxylation is 1. The van der Waals surface area contributed by atoms with Gasteiger partial charge in [-0.15, -0.1) is 11.3 Å². The largest absolute Gasteiger partial charge is 0.367 e. The summed E-state index contributed by atoms with van der Waals surface area (Å²) in [6.45, 7) is 6.26. The summed E-state index contributed by atoms with van der Waals surface area (Å²) < 4.78 is 5.07. The second-order valence-electron chi connectivity index (χ2n) is 3.90. The smallest absolute Gasteiger partial charge is 0.226 e. The maximum absolute atomic E-state index is 5.77. The SMILES string of the molecule is Cc1ccsc1-c1noc(N)c1C(C)C. The lowest BCUT2D eigenvalue weighted by Crippen LogP contribution is -1.94. The first-order chi connectivity index (χ1) is 7.11. The van der Waals surface area contributed by atoms with E-state index in [2.05, 4.69) is 37.4 Å². The normalized spacial score (nSPS) is 11.2. The molecule has 0 atom stereocenters. The van der Waals surface area contributed by atoms with Gasteiger partial charge in [0.25, 0.3) is 0 Å². The average molecular weight is 222 g/mol. The quantitative estimate of drug-likeness (QED) is 0.847. The number of thiophene rings is 1. The third-order valence-electron chi connectivity index (χ3n) is 2.41. The predicted molar refractivity (Wildman–Crippen MR) is 63.1 cm³/mol. The molecule has 0 saturated carbocycles. The zero-order valence-corrected chi connectivity index (χ0v) is 9.89. The Labute approximate surface area is 92.9 Å². The molecule has 80 valence electrons. The van der Waals surface area contributed by atoms with E-state index in [1.165, 1.54) is 5.56 Å². The van der Waals surface area contributed by atoms with Gasteiger partial charge in [0.2, 0.25) is 5.88 Å². The number of aromatic nitrogens is 1. The lowest BCUT2D eigenvalue weighted by atomic mass is 10.0. The summed E-state index contributed by atoms with van der Waals surface area (Å²) in [5, 5.41) is 6.11. The Kier molecular flexibility index (Phi) is 2.52. The summed E-state index contributed by atoms with van der Waals surface area (Å²) in [7, 11) is 0. The molecule has 0 unspecified atom stereocenters. The Hall–Kier alpha value is -1.29. The molecule has 0 radical (unpaired) electrons. The Bertz CT molecular complexity index is 471. The molecular weight excluding hydrogens is 208 g/mol. The topological polar surface area (TPSA) is 52.0 Å². The van der Waals surface area contributed by atoms with Crippen LogP contribution in [0.3, 0.4) is 0 Å². The summed E-state index contributed by atoms with van der Waals surface area (Å²) in [5.41, 5.74) is 8.90. The van der Waals surface area contributed by atoms with E-state index in [9.17, 15) is 0 Å². The maximum atomic E-state index is 5.77. The van der Waals surface area contributed by atoms with Gasteiger partial charge in [-0.3, -0.25) is 0 Å². The number of hydrogen-bond donors (Lipinski definition) is 1. The van der Waals surface area contributed by atoms with Gasteiger partial charge in [-0.2, -0.15) is 0 Å². The first-order valence-corrected chi connectivity index (χ1v) is 5.78. The molecule has 0 aliphatic heterocycles. The molecule has 15 heavy (non-hydrogen) atoms. The van der Waals surface area contributed by atoms with E-state index >= 15 is 0 Å². The molecule has 0 aromatic carbocycles. The molecule has 0 spiro atoms. The molecule has 4 heteroatoms. The van der Waals surface area contributed by atoms with Crippen molar-refractivity contribution in [2.75, 3.05) is 5.73 Å². The number of nitrogens with two attached hydrogens (primary N) is 1. The molecule has 2 aromatic rings. The van der Waals surface area contributed by atoms with E-state index in [-0.39, 0.29) is 0 Å². The van der Waals surface area contributed by atoms with Crippen LogP contribution in [0.15, 0.2) is 16.0 Å². The van der Waals surface area contributed by atoms with Crippen molar-refractivity contribution in [1.82, 2.24) is 5.16 Å². The summed E-state index contributed by atoms with van der Waals surface area (Å²) in [6.07, 6.45) is 0. The zero-order valence-electron chi connectivity index (χ0n) is 9.07. The molecular formula is C11H14N2OS. The van der Waals surface area contributed by atoms with Gasteiger partial charge in [-0.25, -0.2) is 0 Å². The van der Waals surface area contributed by atoms with Crippen LogP contribution in [-0.2, 0) is 0 Å². The van der Waals surface area contributed by atoms with Crippen molar-refractivity contribution >= 4 is 17.2 Å². The van der Waals surface area contributed by atoms with E-state index in [0.29, 0.717) is 11.8 Å². The number of nitrogens with zero attached hydrogens (tertiary/aromatic N) is 1. The second kappa shape index (κ2) is 3.70. The monoisotopic (exact) mass is 222 g/mol. The summed E-state index contributed by atoms with van der Waals surface area (Å²) in [6, 6.07) is 2.08. The molecule has 2 rings (SSSR count). The Morgan fingerprint density at radius 2 is 2.20 bits per heavy atom. The molecule has 2 heterocycles. The third kappa shape index (κ3) is 1.65. The summed E-state index contributed by atoms with van der Waals surface area (Å²) in [4.78, 5) is 1.15. The number of rotatable bonds is 2. The summed E-state index contributed by atoms with van der Waals surface area (Å²) in [5.74, 6) is 0.764. The van der Waals surface area contributed by atoms with Crippen molar-refractivity contribution in [3.8, 4) is 10.6 Å². The van der Waals surface area contributed by atoms with Crippen LogP contribution in [-0.4, -0.2) is 5.16 Å². The lowest BCUT2D eigenvalue weighted by molar-refractivity contribution is 0.438. The van der Waals surface area contributed by atoms with Crippen molar-refractivity contribution in [1.29, 1.82) is 0 Å². The van der Waals surface area contributed by atoms with Crippen molar-refractivity contribution in [3.05, 3.63) is 22.6 Å². The molecule has 0 amide bonds. The van der Waals surface area contributed by atoms with Gasteiger partial charge in [-0.05, 0) is 29.9 Å². The highest BCUT2D eigenvalue weighted by Gasteiger charge is 2.20. The van der Waals surface area contributed by atoms with Crippen molar-refractivity contribution in [2.45, 2.75) is 26.7 Å². The number of nitrogen functional groups attached to an aromatic ring is 1. The van der Waals surface area contributed by atoms with Crippen LogP contribution in [0.1, 0.15) is 30.9 Å². The summed E-state index contributed by atoms with van der Waals surface area (Å²) >= 11 is 1.67. The number of anilines is 1. The van der Waals surface area contributed by atoms with Crippen LogP contribution in [0.2, 0.25) is 0 Å². The highest BCUT2D eigenvalue weighted by Crippen LogP contribution is 2.37. The Balaban J connectivity index is 2.59. The fraction of sp³-hybridized carbons (Fsp3) is 0.364. The minimum Gasteiger partial charge on any atom is -0.367 e. The molecule has 2 aromatic heterocycles. The molecule has 0 saturated heterocycles. The van der Waals surface area contributed by atoms with Gasteiger partial charge in [0, 0.05) is 5.56 Å². The molecule has 0 aliphatic carbocycles. The standard InChI is InChI=1S/C11H14N2OS/c1-6(2)8-9(13-14-11(8)12)10-7(3)4-5-15-10/h4-6H,12H2,1-3H3. The van der Waals surface area contributed by atoms with Crippen LogP contribution in [0.5, 0.6) is 0 Å². The van der Waals surface area contributed by atoms with Gasteiger partial charge in [0.05, 0.1) is 4.88 Å². The van der Waals surface area contributed by atoms with Crippen LogP contribution in [0, 0.1) is 6.92 Å². The fourth-order valence-corrected chi connectivity index (χ4v) is 2.57. The highest BCUT2D eigenvalue weighted by molar-refractivity contribution is 7.13. The lowest BCUT2D eigenvalue weighted by Gasteiger charge is -2.04. The molecule has 0 bridgehead atoms. The highest BCUT2D eigenvalue weighted by atomic mass is 32.1. The number of hydrogen-bond acceptors (Lipinski definition) is 4. The average Bonchev–Trinajstić information content (AvgIpc) is 2.71. The van der Waals surface area contributed by atoms with Crippen molar-refractivity contribution < 1.29 is 4.52 Å². The Morgan fingerprint density at radius 3 is 2.73 bits per heavy atom. The van der Waals surface area contributed by atoms with E-state index in [4.69, 9.17) is 10.3 Å². The Morgan fingerprint density at radius 1 is 1.47 bits per heavy atom. The minimum atomic E-state index is 0.327. The van der Waals surface area contributed by atoms with Gasteiger partial charge < -0.3 is 10.3 Å². The minimum absolute atomic E-state index is 0.327. The predicted octanol–water partition coefficient (Wildman–Crippen LogP) is 3.42. The van der Waals surface area contributed by atoms with E-state index in [1.807, 2.05) is 0 Å². The van der Waals surface area contributed by atoms with Gasteiger partial charge >= 0.3 is 0 Å². The fourth-order valence-electron chi connectivity index (χ4n) is 1.65. The first-order valence-electron chi connectivity index (χ1n) is 4.90. The second-order valence-corrected chi connectivity index (χ2v) is 4.81. The van der Waals surface area contributed by atoms with E-state index in [1.54, 1.807) is 11.3 Å². The van der Waals surface area contributed by atoms with E-state index in [0.717, 1.165) is 16.1 Å². The van der Waals surface area contributed by atoms with Gasteiger partial charge in [-0.1, -0.05) is 19.0 Å².